The van der Waals surface area contributed by atoms with Gasteiger partial charge in [0.25, 0.3) is 5.56 Å². The van der Waals surface area contributed by atoms with E-state index in [0.29, 0.717) is 53.0 Å². The highest BCUT2D eigenvalue weighted by Crippen LogP contribution is 2.39. The zero-order chi connectivity index (χ0) is 25.9. The van der Waals surface area contributed by atoms with Crippen LogP contribution in [0.3, 0.4) is 0 Å². The number of aromatic nitrogens is 2. The van der Waals surface area contributed by atoms with Gasteiger partial charge in [0.2, 0.25) is 5.91 Å². The fourth-order valence-electron chi connectivity index (χ4n) is 5.06. The van der Waals surface area contributed by atoms with Crippen molar-refractivity contribution in [3.05, 3.63) is 75.7 Å². The molecular formula is C27H22ClF3N4O2. The lowest BCUT2D eigenvalue weighted by molar-refractivity contribution is -0.137. The van der Waals surface area contributed by atoms with E-state index in [1.54, 1.807) is 40.3 Å². The van der Waals surface area contributed by atoms with Gasteiger partial charge in [-0.05, 0) is 55.3 Å². The Morgan fingerprint density at radius 3 is 2.43 bits per heavy atom. The molecule has 1 saturated heterocycles. The van der Waals surface area contributed by atoms with E-state index < -0.39 is 17.3 Å². The summed E-state index contributed by atoms with van der Waals surface area (Å²) in [7, 11) is 0. The number of amides is 1. The third-order valence-corrected chi connectivity index (χ3v) is 7.32. The molecule has 1 amide bonds. The van der Waals surface area contributed by atoms with Crippen molar-refractivity contribution < 1.29 is 18.0 Å². The van der Waals surface area contributed by atoms with E-state index in [2.05, 4.69) is 4.98 Å². The summed E-state index contributed by atoms with van der Waals surface area (Å²) in [5.74, 6) is 0.180. The van der Waals surface area contributed by atoms with Crippen LogP contribution in [0.1, 0.15) is 18.4 Å². The fourth-order valence-corrected chi connectivity index (χ4v) is 5.23. The first-order valence-corrected chi connectivity index (χ1v) is 12.4. The highest BCUT2D eigenvalue weighted by molar-refractivity contribution is 6.31. The van der Waals surface area contributed by atoms with Gasteiger partial charge in [-0.1, -0.05) is 11.6 Å². The van der Waals surface area contributed by atoms with Crippen LogP contribution in [0.2, 0.25) is 5.02 Å². The Morgan fingerprint density at radius 1 is 0.973 bits per heavy atom. The quantitative estimate of drug-likeness (QED) is 0.341. The molecule has 2 aliphatic rings. The Kier molecular flexibility index (Phi) is 5.63. The molecule has 6 nitrogen and oxygen atoms in total. The number of carbonyl (C=O) groups excluding carboxylic acids is 1. The first-order chi connectivity index (χ1) is 17.7. The van der Waals surface area contributed by atoms with Gasteiger partial charge in [0.15, 0.2) is 0 Å². The van der Waals surface area contributed by atoms with Crippen LogP contribution in [0.4, 0.5) is 18.9 Å². The summed E-state index contributed by atoms with van der Waals surface area (Å²) in [5, 5.41) is 1.59. The van der Waals surface area contributed by atoms with Crippen molar-refractivity contribution in [2.45, 2.75) is 19.0 Å². The summed E-state index contributed by atoms with van der Waals surface area (Å²) >= 11 is 6.21. The van der Waals surface area contributed by atoms with Crippen molar-refractivity contribution in [2.24, 2.45) is 5.92 Å². The minimum atomic E-state index is -4.65. The summed E-state index contributed by atoms with van der Waals surface area (Å²) in [5.41, 5.74) is -0.143. The number of nitrogens with zero attached hydrogens (tertiary/aromatic N) is 4. The number of pyridine rings is 2. The zero-order valence-corrected chi connectivity index (χ0v) is 20.4. The van der Waals surface area contributed by atoms with Crippen molar-refractivity contribution in [2.75, 3.05) is 31.1 Å². The molecule has 2 aromatic heterocycles. The molecule has 1 aliphatic carbocycles. The average Bonchev–Trinajstić information content (AvgIpc) is 3.73. The molecule has 190 valence electrons. The van der Waals surface area contributed by atoms with Crippen LogP contribution in [0, 0.1) is 5.92 Å². The molecule has 1 aliphatic heterocycles. The minimum absolute atomic E-state index is 0.0395. The standard InChI is InChI=1S/C27H22ClF3N4O2/c28-18-4-6-22-20(13-18)25-17(15-32-22)3-8-24(36)35(25)19-5-7-23(21(14-19)27(29,30)31)33-9-11-34(12-10-33)26(37)16-1-2-16/h3-8,13-16H,1-2,9-12H2. The first kappa shape index (κ1) is 23.8. The normalized spacial score (nSPS) is 16.5. The maximum absolute atomic E-state index is 14.3. The molecule has 0 atom stereocenters. The summed E-state index contributed by atoms with van der Waals surface area (Å²) in [6, 6.07) is 11.9. The zero-order valence-electron chi connectivity index (χ0n) is 19.6. The molecule has 4 aromatic rings. The molecular weight excluding hydrogens is 505 g/mol. The Labute approximate surface area is 214 Å². The number of anilines is 1. The summed E-state index contributed by atoms with van der Waals surface area (Å²) in [6.45, 7) is 1.39. The van der Waals surface area contributed by atoms with Crippen molar-refractivity contribution >= 4 is 45.0 Å². The van der Waals surface area contributed by atoms with Gasteiger partial charge in [-0.2, -0.15) is 13.2 Å². The Balaban J connectivity index is 1.45. The van der Waals surface area contributed by atoms with Gasteiger partial charge in [0.05, 0.1) is 22.3 Å². The van der Waals surface area contributed by atoms with E-state index in [1.807, 2.05) is 0 Å². The maximum atomic E-state index is 14.3. The molecule has 0 N–H and O–H groups in total. The van der Waals surface area contributed by atoms with Crippen LogP contribution in [-0.4, -0.2) is 46.5 Å². The van der Waals surface area contributed by atoms with Crippen LogP contribution in [0.15, 0.2) is 59.5 Å². The molecule has 2 aromatic carbocycles. The number of alkyl halides is 3. The predicted octanol–water partition coefficient (Wildman–Crippen LogP) is 5.27. The second-order valence-electron chi connectivity index (χ2n) is 9.52. The smallest absolute Gasteiger partial charge is 0.367 e. The van der Waals surface area contributed by atoms with Gasteiger partial charge in [-0.25, -0.2) is 0 Å². The Bertz CT molecular complexity index is 1610. The van der Waals surface area contributed by atoms with Crippen LogP contribution >= 0.6 is 11.6 Å². The lowest BCUT2D eigenvalue weighted by Crippen LogP contribution is -2.49. The van der Waals surface area contributed by atoms with E-state index in [0.717, 1.165) is 18.9 Å². The summed E-state index contributed by atoms with van der Waals surface area (Å²) in [6.07, 6.45) is -1.27. The second-order valence-corrected chi connectivity index (χ2v) is 9.95. The SMILES string of the molecule is O=C(C1CC1)N1CCN(c2ccc(-n3c(=O)ccc4cnc5ccc(Cl)cc5c43)cc2C(F)(F)F)CC1. The highest BCUT2D eigenvalue weighted by atomic mass is 35.5. The Hall–Kier alpha value is -3.59. The molecule has 10 heteroatoms. The number of piperazine rings is 1. The van der Waals surface area contributed by atoms with E-state index in [4.69, 9.17) is 11.6 Å². The Morgan fingerprint density at radius 2 is 1.73 bits per heavy atom. The third kappa shape index (κ3) is 4.31. The maximum Gasteiger partial charge on any atom is 0.418 e. The molecule has 6 rings (SSSR count). The third-order valence-electron chi connectivity index (χ3n) is 7.08. The van der Waals surface area contributed by atoms with E-state index in [9.17, 15) is 22.8 Å². The van der Waals surface area contributed by atoms with Crippen molar-refractivity contribution in [1.82, 2.24) is 14.5 Å². The number of hydrogen-bond donors (Lipinski definition) is 0. The van der Waals surface area contributed by atoms with Gasteiger partial charge in [-0.15, -0.1) is 0 Å². The largest absolute Gasteiger partial charge is 0.418 e. The summed E-state index contributed by atoms with van der Waals surface area (Å²) in [4.78, 5) is 33.2. The van der Waals surface area contributed by atoms with Crippen LogP contribution in [-0.2, 0) is 11.0 Å². The number of halogens is 4. The number of benzene rings is 2. The number of rotatable bonds is 3. The van der Waals surface area contributed by atoms with E-state index in [1.165, 1.54) is 22.8 Å². The molecule has 0 spiro atoms. The van der Waals surface area contributed by atoms with Gasteiger partial charge in [0, 0.05) is 65.8 Å². The highest BCUT2D eigenvalue weighted by Gasteiger charge is 2.38. The summed E-state index contributed by atoms with van der Waals surface area (Å²) < 4.78 is 44.3. The van der Waals surface area contributed by atoms with E-state index in [-0.39, 0.29) is 23.2 Å². The average molecular weight is 527 g/mol. The van der Waals surface area contributed by atoms with Gasteiger partial charge < -0.3 is 9.80 Å². The molecule has 37 heavy (non-hydrogen) atoms. The second kappa shape index (κ2) is 8.76. The number of fused-ring (bicyclic) bond motifs is 3. The van der Waals surface area contributed by atoms with Gasteiger partial charge >= 0.3 is 6.18 Å². The number of hydrogen-bond acceptors (Lipinski definition) is 4. The monoisotopic (exact) mass is 526 g/mol. The lowest BCUT2D eigenvalue weighted by atomic mass is 10.1. The molecule has 1 saturated carbocycles. The number of carbonyl (C=O) groups is 1. The minimum Gasteiger partial charge on any atom is -0.367 e. The molecule has 0 unspecified atom stereocenters. The van der Waals surface area contributed by atoms with Crippen molar-refractivity contribution in [3.63, 3.8) is 0 Å². The van der Waals surface area contributed by atoms with Crippen molar-refractivity contribution in [3.8, 4) is 5.69 Å². The molecule has 2 fully saturated rings. The topological polar surface area (TPSA) is 58.4 Å². The van der Waals surface area contributed by atoms with Gasteiger partial charge in [0.1, 0.15) is 0 Å². The molecule has 0 radical (unpaired) electrons. The lowest BCUT2D eigenvalue weighted by Gasteiger charge is -2.37. The molecule has 3 heterocycles. The predicted molar refractivity (Wildman–Crippen MR) is 136 cm³/mol. The first-order valence-electron chi connectivity index (χ1n) is 12.1. The van der Waals surface area contributed by atoms with Crippen LogP contribution < -0.4 is 10.5 Å². The van der Waals surface area contributed by atoms with Crippen LogP contribution in [0.25, 0.3) is 27.5 Å². The van der Waals surface area contributed by atoms with Crippen LogP contribution in [0.5, 0.6) is 0 Å². The van der Waals surface area contributed by atoms with Crippen molar-refractivity contribution in [1.29, 1.82) is 0 Å². The van der Waals surface area contributed by atoms with Gasteiger partial charge in [-0.3, -0.25) is 19.1 Å². The molecule has 0 bridgehead atoms. The van der Waals surface area contributed by atoms with E-state index >= 15 is 0 Å². The fraction of sp³-hybridized carbons (Fsp3) is 0.296.